The minimum Gasteiger partial charge on any atom is -0.459 e. The number of rotatable bonds is 5. The van der Waals surface area contributed by atoms with E-state index in [1.165, 1.54) is 11.1 Å². The molecule has 0 unspecified atom stereocenters. The molecule has 0 aliphatic heterocycles. The first-order chi connectivity index (χ1) is 11.9. The second-order valence-electron chi connectivity index (χ2n) is 5.67. The molecule has 1 N–H and O–H groups in total. The van der Waals surface area contributed by atoms with E-state index in [0.29, 0.717) is 6.54 Å². The van der Waals surface area contributed by atoms with E-state index < -0.39 is 5.60 Å². The normalized spacial score (nSPS) is 12.6. The number of esters is 1. The lowest BCUT2D eigenvalue weighted by molar-refractivity contribution is -0.153. The van der Waals surface area contributed by atoms with Crippen molar-refractivity contribution >= 4 is 5.97 Å². The average Bonchev–Trinajstić information content (AvgIpc) is 2.84. The Morgan fingerprint density at radius 2 is 1.48 bits per heavy atom. The minimum atomic E-state index is -0.416. The van der Waals surface area contributed by atoms with Crippen molar-refractivity contribution in [2.45, 2.75) is 87.7 Å². The van der Waals surface area contributed by atoms with Crippen molar-refractivity contribution in [1.29, 1.82) is 0 Å². The molecule has 148 valence electrons. The number of allylic oxidation sites excluding steroid dienone is 4. The van der Waals surface area contributed by atoms with Gasteiger partial charge in [0.25, 0.3) is 0 Å². The lowest BCUT2D eigenvalue weighted by Crippen LogP contribution is -2.32. The molecule has 3 heteroatoms. The van der Waals surface area contributed by atoms with E-state index in [1.54, 1.807) is 0 Å². The Kier molecular flexibility index (Phi) is 21.6. The number of carbonyl (C=O) groups excluding carboxylic acids is 1. The number of nitrogens with one attached hydrogen (secondary N) is 1. The van der Waals surface area contributed by atoms with Gasteiger partial charge < -0.3 is 10.1 Å². The molecule has 25 heavy (non-hydrogen) atoms. The topological polar surface area (TPSA) is 38.3 Å². The van der Waals surface area contributed by atoms with Gasteiger partial charge in [-0.2, -0.15) is 0 Å². The Balaban J connectivity index is -0.000000725. The Morgan fingerprint density at radius 1 is 1.00 bits per heavy atom. The summed E-state index contributed by atoms with van der Waals surface area (Å²) in [5.41, 5.74) is 2.15. The number of hydrogen-bond donors (Lipinski definition) is 1. The molecule has 0 atom stereocenters. The van der Waals surface area contributed by atoms with Gasteiger partial charge in [0.05, 0.1) is 6.54 Å². The largest absolute Gasteiger partial charge is 0.459 e. The van der Waals surface area contributed by atoms with Gasteiger partial charge in [-0.1, -0.05) is 78.3 Å². The number of ether oxygens (including phenoxy) is 1. The molecular formula is C22H43NO2. The van der Waals surface area contributed by atoms with E-state index in [4.69, 9.17) is 4.74 Å². The van der Waals surface area contributed by atoms with Gasteiger partial charge in [0.2, 0.25) is 0 Å². The number of hydrogen-bond acceptors (Lipinski definition) is 3. The molecule has 0 aromatic carbocycles. The zero-order chi connectivity index (χ0) is 20.3. The Morgan fingerprint density at radius 3 is 1.96 bits per heavy atom. The fraction of sp³-hybridized carbons (Fsp3) is 0.682. The van der Waals surface area contributed by atoms with Crippen LogP contribution in [0.15, 0.2) is 35.5 Å². The molecule has 0 amide bonds. The minimum absolute atomic E-state index is 0.210. The van der Waals surface area contributed by atoms with Crippen LogP contribution in [0.4, 0.5) is 0 Å². The van der Waals surface area contributed by atoms with Crippen LogP contribution in [0.1, 0.15) is 82.1 Å². The SMILES string of the molecule is CC.CC.CC.CCC1=CCC=C(CNCC(=O)OC(C)(C)C)C=C1. The summed E-state index contributed by atoms with van der Waals surface area (Å²) in [6.07, 6.45) is 10.7. The van der Waals surface area contributed by atoms with Crippen LogP contribution in [0.2, 0.25) is 0 Å². The van der Waals surface area contributed by atoms with E-state index >= 15 is 0 Å². The van der Waals surface area contributed by atoms with Crippen LogP contribution in [-0.2, 0) is 9.53 Å². The Hall–Kier alpha value is -1.35. The summed E-state index contributed by atoms with van der Waals surface area (Å²) < 4.78 is 5.24. The van der Waals surface area contributed by atoms with Crippen LogP contribution in [0.3, 0.4) is 0 Å². The van der Waals surface area contributed by atoms with Crippen LogP contribution in [0.5, 0.6) is 0 Å². The maximum atomic E-state index is 11.5. The predicted molar refractivity (Wildman–Crippen MR) is 113 cm³/mol. The highest BCUT2D eigenvalue weighted by molar-refractivity contribution is 5.72. The van der Waals surface area contributed by atoms with Gasteiger partial charge in [0.15, 0.2) is 0 Å². The molecular weight excluding hydrogens is 310 g/mol. The highest BCUT2D eigenvalue weighted by Gasteiger charge is 2.15. The third-order valence-electron chi connectivity index (χ3n) is 2.70. The van der Waals surface area contributed by atoms with E-state index in [-0.39, 0.29) is 12.5 Å². The van der Waals surface area contributed by atoms with Gasteiger partial charge in [-0.15, -0.1) is 0 Å². The van der Waals surface area contributed by atoms with Crippen molar-refractivity contribution in [2.75, 3.05) is 13.1 Å². The van der Waals surface area contributed by atoms with Gasteiger partial charge in [-0.25, -0.2) is 0 Å². The molecule has 0 fully saturated rings. The van der Waals surface area contributed by atoms with Crippen molar-refractivity contribution < 1.29 is 9.53 Å². The van der Waals surface area contributed by atoms with Crippen LogP contribution >= 0.6 is 0 Å². The van der Waals surface area contributed by atoms with Gasteiger partial charge in [-0.05, 0) is 39.2 Å². The summed E-state index contributed by atoms with van der Waals surface area (Å²) in [5.74, 6) is -0.210. The highest BCUT2D eigenvalue weighted by atomic mass is 16.6. The molecule has 1 aliphatic rings. The molecule has 0 bridgehead atoms. The molecule has 0 heterocycles. The van der Waals surface area contributed by atoms with Crippen molar-refractivity contribution in [3.8, 4) is 0 Å². The molecule has 1 aliphatic carbocycles. The van der Waals surface area contributed by atoms with Gasteiger partial charge >= 0.3 is 5.97 Å². The Labute approximate surface area is 157 Å². The zero-order valence-electron chi connectivity index (χ0n) is 18.5. The maximum Gasteiger partial charge on any atom is 0.320 e. The molecule has 3 nitrogen and oxygen atoms in total. The van der Waals surface area contributed by atoms with Crippen molar-refractivity contribution in [1.82, 2.24) is 5.32 Å². The lowest BCUT2D eigenvalue weighted by atomic mass is 10.2. The number of carbonyl (C=O) groups is 1. The summed E-state index contributed by atoms with van der Waals surface area (Å²) >= 11 is 0. The summed E-state index contributed by atoms with van der Waals surface area (Å²) in [4.78, 5) is 11.5. The van der Waals surface area contributed by atoms with E-state index in [0.717, 1.165) is 12.8 Å². The van der Waals surface area contributed by atoms with Crippen LogP contribution in [0, 0.1) is 0 Å². The summed E-state index contributed by atoms with van der Waals surface area (Å²) in [6.45, 7) is 20.7. The third-order valence-corrected chi connectivity index (χ3v) is 2.70. The first-order valence-electron chi connectivity index (χ1n) is 9.89. The molecule has 1 rings (SSSR count). The second-order valence-corrected chi connectivity index (χ2v) is 5.67. The van der Waals surface area contributed by atoms with Crippen LogP contribution < -0.4 is 5.32 Å². The lowest BCUT2D eigenvalue weighted by Gasteiger charge is -2.19. The van der Waals surface area contributed by atoms with Crippen LogP contribution in [0.25, 0.3) is 0 Å². The first-order valence-corrected chi connectivity index (χ1v) is 9.89. The fourth-order valence-corrected chi connectivity index (χ4v) is 1.79. The zero-order valence-corrected chi connectivity index (χ0v) is 18.5. The van der Waals surface area contributed by atoms with Gasteiger partial charge in [-0.3, -0.25) is 4.79 Å². The molecule has 0 aromatic rings. The van der Waals surface area contributed by atoms with Crippen molar-refractivity contribution in [3.63, 3.8) is 0 Å². The monoisotopic (exact) mass is 353 g/mol. The summed E-state index contributed by atoms with van der Waals surface area (Å²) in [6, 6.07) is 0. The van der Waals surface area contributed by atoms with E-state index in [2.05, 4.69) is 36.5 Å². The predicted octanol–water partition coefficient (Wildman–Crippen LogP) is 6.22. The smallest absolute Gasteiger partial charge is 0.320 e. The molecule has 0 spiro atoms. The second kappa shape index (κ2) is 19.0. The van der Waals surface area contributed by atoms with Crippen molar-refractivity contribution in [2.24, 2.45) is 0 Å². The Bertz CT molecular complexity index is 399. The van der Waals surface area contributed by atoms with Crippen LogP contribution in [-0.4, -0.2) is 24.7 Å². The first kappa shape index (κ1) is 28.5. The average molecular weight is 354 g/mol. The van der Waals surface area contributed by atoms with E-state index in [1.807, 2.05) is 62.3 Å². The van der Waals surface area contributed by atoms with E-state index in [9.17, 15) is 4.79 Å². The third kappa shape index (κ3) is 18.8. The summed E-state index contributed by atoms with van der Waals surface area (Å²) in [7, 11) is 0. The molecule has 0 aromatic heterocycles. The summed E-state index contributed by atoms with van der Waals surface area (Å²) in [5, 5.41) is 3.12. The van der Waals surface area contributed by atoms with Crippen molar-refractivity contribution in [3.05, 3.63) is 35.5 Å². The standard InChI is InChI=1S/C16H25NO2.3C2H6/c1-5-13-7-6-8-14(10-9-13)11-17-12-15(18)19-16(2,3)4;3*1-2/h7-10,17H,5-6,11-12H2,1-4H3;3*1-2H3. The highest BCUT2D eigenvalue weighted by Crippen LogP contribution is 2.12. The molecule has 0 radical (unpaired) electrons. The molecule has 0 saturated carbocycles. The van der Waals surface area contributed by atoms with Gasteiger partial charge in [0.1, 0.15) is 5.60 Å². The molecule has 0 saturated heterocycles. The maximum absolute atomic E-state index is 11.5. The quantitative estimate of drug-likeness (QED) is 0.596. The van der Waals surface area contributed by atoms with Gasteiger partial charge in [0, 0.05) is 6.54 Å². The fourth-order valence-electron chi connectivity index (χ4n) is 1.79.